The molecule has 2 aromatic heterocycles. The Bertz CT molecular complexity index is 2110. The summed E-state index contributed by atoms with van der Waals surface area (Å²) in [4.78, 5) is 13.7. The fourth-order valence-corrected chi connectivity index (χ4v) is 8.89. The van der Waals surface area contributed by atoms with Crippen molar-refractivity contribution in [3.8, 4) is 11.5 Å². The summed E-state index contributed by atoms with van der Waals surface area (Å²) in [7, 11) is -6.01. The minimum atomic E-state index is -4.67. The maximum atomic E-state index is 11.2. The van der Waals surface area contributed by atoms with E-state index in [1.54, 1.807) is 26.6 Å². The summed E-state index contributed by atoms with van der Waals surface area (Å²) in [5.41, 5.74) is 3.69. The van der Waals surface area contributed by atoms with Gasteiger partial charge in [-0.2, -0.15) is 16.8 Å². The molecule has 10 N–H and O–H groups in total. The van der Waals surface area contributed by atoms with E-state index >= 15 is 0 Å². The number of hydrogen-bond donors (Lipinski definition) is 6. The van der Waals surface area contributed by atoms with Crippen LogP contribution < -0.4 is 9.47 Å². The second-order valence-corrected chi connectivity index (χ2v) is 16.6. The maximum Gasteiger partial charge on any atom is 0.394 e. The number of piperidine rings is 6. The van der Waals surface area contributed by atoms with Crippen LogP contribution in [0.4, 0.5) is 0 Å². The van der Waals surface area contributed by atoms with Crippen molar-refractivity contribution in [2.75, 3.05) is 40.4 Å². The first-order valence-corrected chi connectivity index (χ1v) is 21.6. The van der Waals surface area contributed by atoms with E-state index in [9.17, 15) is 10.2 Å². The molecule has 0 radical (unpaired) electrons. The van der Waals surface area contributed by atoms with Gasteiger partial charge in [0, 0.05) is 48.3 Å². The van der Waals surface area contributed by atoms with E-state index in [1.807, 2.05) is 48.5 Å². The van der Waals surface area contributed by atoms with Crippen LogP contribution in [0.2, 0.25) is 0 Å². The zero-order valence-electron chi connectivity index (χ0n) is 33.4. The minimum Gasteiger partial charge on any atom is -0.497 e. The molecule has 18 nitrogen and oxygen atoms in total. The van der Waals surface area contributed by atoms with Crippen molar-refractivity contribution in [2.45, 2.75) is 50.0 Å². The molecule has 0 amide bonds. The van der Waals surface area contributed by atoms with Gasteiger partial charge in [-0.3, -0.25) is 38.0 Å². The zero-order chi connectivity index (χ0) is 42.4. The van der Waals surface area contributed by atoms with Crippen LogP contribution >= 0.6 is 0 Å². The molecule has 6 saturated heterocycles. The molecule has 4 aromatic rings. The predicted octanol–water partition coefficient (Wildman–Crippen LogP) is 3.39. The van der Waals surface area contributed by atoms with E-state index in [1.165, 1.54) is 12.8 Å². The molecule has 6 fully saturated rings. The molecule has 6 aliphatic rings. The maximum absolute atomic E-state index is 11.2. The normalized spacial score (nSPS) is 26.1. The van der Waals surface area contributed by atoms with E-state index in [-0.39, 0.29) is 23.0 Å². The number of aromatic nitrogens is 2. The molecule has 0 spiro atoms. The molecule has 60 heavy (non-hydrogen) atoms. The lowest BCUT2D eigenvalue weighted by molar-refractivity contribution is -0.0445. The third kappa shape index (κ3) is 12.9. The van der Waals surface area contributed by atoms with Gasteiger partial charge in [-0.05, 0) is 122 Å². The highest BCUT2D eigenvalue weighted by atomic mass is 32.3. The number of aliphatic hydroxyl groups is 2. The fraction of sp³-hybridized carbons (Fsp3) is 0.450. The summed E-state index contributed by atoms with van der Waals surface area (Å²) in [5.74, 6) is 4.01. The largest absolute Gasteiger partial charge is 0.497 e. The molecule has 8 heterocycles. The van der Waals surface area contributed by atoms with Gasteiger partial charge in [-0.15, -0.1) is 13.2 Å². The first-order valence-electron chi connectivity index (χ1n) is 18.8. The van der Waals surface area contributed by atoms with E-state index in [0.29, 0.717) is 23.7 Å². The molecular weight excluding hydrogens is 825 g/mol. The lowest BCUT2D eigenvalue weighted by atomic mass is 9.73. The zero-order valence-corrected chi connectivity index (χ0v) is 35.0. The quantitative estimate of drug-likeness (QED) is 0.109. The summed E-state index contributed by atoms with van der Waals surface area (Å²) in [6.45, 7) is 12.1. The van der Waals surface area contributed by atoms with Crippen LogP contribution in [0.5, 0.6) is 11.5 Å². The smallest absolute Gasteiger partial charge is 0.394 e. The lowest BCUT2D eigenvalue weighted by Crippen LogP contribution is -2.54. The topological polar surface area (TPSA) is 303 Å². The van der Waals surface area contributed by atoms with Crippen molar-refractivity contribution in [3.05, 3.63) is 97.4 Å². The van der Waals surface area contributed by atoms with Crippen LogP contribution in [0.3, 0.4) is 0 Å². The molecule has 6 aliphatic heterocycles. The van der Waals surface area contributed by atoms with E-state index in [0.717, 1.165) is 83.5 Å². The average Bonchev–Trinajstić information content (AvgIpc) is 3.21. The van der Waals surface area contributed by atoms with Gasteiger partial charge in [0.1, 0.15) is 11.5 Å². The highest BCUT2D eigenvalue weighted by Crippen LogP contribution is 2.43. The van der Waals surface area contributed by atoms with Crippen LogP contribution in [0.25, 0.3) is 21.8 Å². The average molecular weight is 881 g/mol. The Morgan fingerprint density at radius 2 is 1.02 bits per heavy atom. The summed E-state index contributed by atoms with van der Waals surface area (Å²) in [6, 6.07) is 15.9. The SMILES string of the molecule is C=C[C@H]1CN2CC[C@H]1C[C@H]2[C@H](O)c1ccnc2ccc(OC)cc12.C=C[C@H]1CN2CC[C@H]1C[C@H]2[C@H](O)c1ccnc2ccc(OC)cc12.O.O.O=S(=O)(O)O.O=S(=O)(O)O. The van der Waals surface area contributed by atoms with Crippen LogP contribution in [0.1, 0.15) is 49.0 Å². The Morgan fingerprint density at radius 1 is 0.667 bits per heavy atom. The summed E-state index contributed by atoms with van der Waals surface area (Å²) < 4.78 is 73.9. The number of hydrogen-bond acceptors (Lipinski definition) is 12. The highest BCUT2D eigenvalue weighted by molar-refractivity contribution is 7.80. The number of aliphatic hydroxyl groups excluding tert-OH is 2. The van der Waals surface area contributed by atoms with Crippen molar-refractivity contribution in [1.29, 1.82) is 0 Å². The summed E-state index contributed by atoms with van der Waals surface area (Å²) in [6.07, 6.45) is 11.2. The number of benzene rings is 2. The van der Waals surface area contributed by atoms with Crippen LogP contribution in [-0.4, -0.2) is 128 Å². The number of fused-ring (bicyclic) bond motifs is 8. The second kappa shape index (κ2) is 21.6. The van der Waals surface area contributed by atoms with Gasteiger partial charge in [0.05, 0.1) is 37.5 Å². The molecule has 20 heteroatoms. The van der Waals surface area contributed by atoms with E-state index < -0.39 is 33.0 Å². The number of nitrogens with zero attached hydrogens (tertiary/aromatic N) is 4. The van der Waals surface area contributed by atoms with Gasteiger partial charge >= 0.3 is 20.8 Å². The molecule has 0 saturated carbocycles. The predicted molar refractivity (Wildman–Crippen MR) is 226 cm³/mol. The first kappa shape index (κ1) is 50.2. The Kier molecular flexibility index (Phi) is 18.0. The van der Waals surface area contributed by atoms with Crippen LogP contribution in [0.15, 0.2) is 86.2 Å². The van der Waals surface area contributed by atoms with Crippen molar-refractivity contribution in [2.24, 2.45) is 23.7 Å². The van der Waals surface area contributed by atoms with E-state index in [4.69, 9.17) is 44.5 Å². The van der Waals surface area contributed by atoms with Crippen molar-refractivity contribution in [1.82, 2.24) is 19.8 Å². The van der Waals surface area contributed by atoms with E-state index in [2.05, 4.69) is 45.1 Å². The second-order valence-electron chi connectivity index (χ2n) is 14.8. The standard InChI is InChI=1S/2C20H24N2O2.2H2O4S.2H2O/c2*1-3-13-12-22-9-7-14(13)10-19(22)20(23)16-6-8-21-18-5-4-15(24-2)11-17(16)18;2*1-5(2,3)4;;/h2*3-6,8,11,13-14,19-20,23H,1,7,9-10,12H2,2H3;2*(H2,1,2,3,4);2*1H2/t2*13-,14-,19-,20+;;;;/m00..../s1. The highest BCUT2D eigenvalue weighted by Gasteiger charge is 2.43. The van der Waals surface area contributed by atoms with Crippen LogP contribution in [-0.2, 0) is 20.8 Å². The monoisotopic (exact) mass is 880 g/mol. The number of pyridine rings is 2. The minimum absolute atomic E-state index is 0. The van der Waals surface area contributed by atoms with Crippen molar-refractivity contribution >= 4 is 42.6 Å². The Morgan fingerprint density at radius 3 is 1.30 bits per heavy atom. The van der Waals surface area contributed by atoms with Crippen LogP contribution in [0, 0.1) is 23.7 Å². The van der Waals surface area contributed by atoms with Gasteiger partial charge in [0.25, 0.3) is 0 Å². The van der Waals surface area contributed by atoms with Crippen molar-refractivity contribution in [3.63, 3.8) is 0 Å². The summed E-state index contributed by atoms with van der Waals surface area (Å²) in [5, 5.41) is 24.3. The lowest BCUT2D eigenvalue weighted by Gasteiger charge is -2.50. The molecule has 332 valence electrons. The molecular formula is C40H56N4O14S2. The van der Waals surface area contributed by atoms with Crippen molar-refractivity contribution < 1.29 is 65.7 Å². The molecule has 2 unspecified atom stereocenters. The van der Waals surface area contributed by atoms with Gasteiger partial charge in [0.2, 0.25) is 0 Å². The Hall–Kier alpha value is -4.16. The fourth-order valence-electron chi connectivity index (χ4n) is 8.89. The molecule has 10 rings (SSSR count). The molecule has 0 aliphatic carbocycles. The molecule has 2 aromatic carbocycles. The number of rotatable bonds is 8. The Labute approximate surface area is 349 Å². The molecule has 4 bridgehead atoms. The number of methoxy groups -OCH3 is 2. The van der Waals surface area contributed by atoms with Gasteiger partial charge in [0.15, 0.2) is 0 Å². The van der Waals surface area contributed by atoms with Gasteiger partial charge in [-0.25, -0.2) is 0 Å². The summed E-state index contributed by atoms with van der Waals surface area (Å²) >= 11 is 0. The van der Waals surface area contributed by atoms with Gasteiger partial charge in [-0.1, -0.05) is 12.2 Å². The number of ether oxygens (including phenoxy) is 2. The first-order chi connectivity index (χ1) is 27.4. The third-order valence-electron chi connectivity index (χ3n) is 11.6. The Balaban J connectivity index is 0.000000255. The van der Waals surface area contributed by atoms with Gasteiger partial charge < -0.3 is 30.6 Å². The third-order valence-corrected chi connectivity index (χ3v) is 11.6. The molecule has 10 atom stereocenters.